The van der Waals surface area contributed by atoms with Gasteiger partial charge in [-0.2, -0.15) is 4.98 Å². The summed E-state index contributed by atoms with van der Waals surface area (Å²) in [4.78, 5) is 8.35. The minimum Gasteiger partial charge on any atom is -0.437 e. The predicted octanol–water partition coefficient (Wildman–Crippen LogP) is 4.56. The molecule has 1 aromatic heterocycles. The molecule has 20 heavy (non-hydrogen) atoms. The number of aryl methyl sites for hydroxylation is 1. The third-order valence-electron chi connectivity index (χ3n) is 2.44. The number of nitrogens with zero attached hydrogens (tertiary/aromatic N) is 2. The number of hydrogen-bond acceptors (Lipinski definition) is 4. The van der Waals surface area contributed by atoms with E-state index in [0.29, 0.717) is 28.6 Å². The maximum Gasteiger partial charge on any atom is 0.227 e. The molecule has 0 atom stereocenters. The first-order valence-corrected chi connectivity index (χ1v) is 7.08. The van der Waals surface area contributed by atoms with E-state index in [9.17, 15) is 4.39 Å². The number of nitrogens with one attached hydrogen (secondary N) is 1. The molecule has 0 aliphatic heterocycles. The number of aromatic nitrogens is 2. The van der Waals surface area contributed by atoms with Crippen molar-refractivity contribution < 1.29 is 9.13 Å². The molecule has 2 rings (SSSR count). The van der Waals surface area contributed by atoms with Crippen LogP contribution in [0.2, 0.25) is 5.02 Å². The second kappa shape index (κ2) is 6.37. The molecule has 1 heterocycles. The molecular formula is C13H12BrClFN3O. The summed E-state index contributed by atoms with van der Waals surface area (Å²) < 4.78 is 19.7. The quantitative estimate of drug-likeness (QED) is 0.812. The Balaban J connectivity index is 2.34. The van der Waals surface area contributed by atoms with Gasteiger partial charge in [0.1, 0.15) is 11.6 Å². The molecular weight excluding hydrogens is 349 g/mol. The van der Waals surface area contributed by atoms with Crippen LogP contribution < -0.4 is 10.1 Å². The van der Waals surface area contributed by atoms with Gasteiger partial charge in [0.25, 0.3) is 0 Å². The van der Waals surface area contributed by atoms with Crippen molar-refractivity contribution in [3.05, 3.63) is 39.2 Å². The summed E-state index contributed by atoms with van der Waals surface area (Å²) in [6, 6.07) is 2.65. The Morgan fingerprint density at radius 2 is 2.20 bits per heavy atom. The highest BCUT2D eigenvalue weighted by atomic mass is 79.9. The highest BCUT2D eigenvalue weighted by molar-refractivity contribution is 9.10. The van der Waals surface area contributed by atoms with Crippen LogP contribution in [-0.4, -0.2) is 16.5 Å². The Hall–Kier alpha value is -1.40. The average molecular weight is 361 g/mol. The SMILES string of the molecule is CCNc1ncc(C)c(Oc2cc(F)c(Cl)cc2Br)n1. The minimum absolute atomic E-state index is 0.0250. The van der Waals surface area contributed by atoms with E-state index in [4.69, 9.17) is 16.3 Å². The lowest BCUT2D eigenvalue weighted by Gasteiger charge is -2.11. The monoisotopic (exact) mass is 359 g/mol. The fourth-order valence-electron chi connectivity index (χ4n) is 1.46. The zero-order chi connectivity index (χ0) is 14.7. The molecule has 0 saturated carbocycles. The first-order valence-electron chi connectivity index (χ1n) is 5.91. The Morgan fingerprint density at radius 3 is 2.90 bits per heavy atom. The third-order valence-corrected chi connectivity index (χ3v) is 3.35. The van der Waals surface area contributed by atoms with Crippen LogP contribution in [0.4, 0.5) is 10.3 Å². The van der Waals surface area contributed by atoms with Crippen molar-refractivity contribution >= 4 is 33.5 Å². The zero-order valence-corrected chi connectivity index (χ0v) is 13.2. The fourth-order valence-corrected chi connectivity index (χ4v) is 2.18. The van der Waals surface area contributed by atoms with Crippen molar-refractivity contribution in [2.24, 2.45) is 0 Å². The van der Waals surface area contributed by atoms with Gasteiger partial charge in [0.2, 0.25) is 11.8 Å². The molecule has 0 fully saturated rings. The molecule has 0 unspecified atom stereocenters. The number of hydrogen-bond donors (Lipinski definition) is 1. The lowest BCUT2D eigenvalue weighted by atomic mass is 10.3. The molecule has 0 radical (unpaired) electrons. The number of benzene rings is 1. The number of anilines is 1. The van der Waals surface area contributed by atoms with Gasteiger partial charge in [-0.15, -0.1) is 0 Å². The molecule has 106 valence electrons. The molecule has 1 N–H and O–H groups in total. The molecule has 0 spiro atoms. The van der Waals surface area contributed by atoms with Crippen LogP contribution in [0.5, 0.6) is 11.6 Å². The summed E-state index contributed by atoms with van der Waals surface area (Å²) in [7, 11) is 0. The van der Waals surface area contributed by atoms with Gasteiger partial charge in [-0.25, -0.2) is 9.37 Å². The summed E-state index contributed by atoms with van der Waals surface area (Å²) in [5.41, 5.74) is 0.744. The van der Waals surface area contributed by atoms with E-state index in [1.54, 1.807) is 6.20 Å². The summed E-state index contributed by atoms with van der Waals surface area (Å²) in [5, 5.41) is 3.01. The van der Waals surface area contributed by atoms with Crippen LogP contribution in [0.1, 0.15) is 12.5 Å². The maximum absolute atomic E-state index is 13.5. The summed E-state index contributed by atoms with van der Waals surface area (Å²) >= 11 is 8.97. The highest BCUT2D eigenvalue weighted by Crippen LogP contribution is 2.34. The Kier molecular flexibility index (Phi) is 4.77. The van der Waals surface area contributed by atoms with Gasteiger partial charge in [-0.1, -0.05) is 11.6 Å². The lowest BCUT2D eigenvalue weighted by Crippen LogP contribution is -2.04. The minimum atomic E-state index is -0.552. The molecule has 7 heteroatoms. The van der Waals surface area contributed by atoms with Crippen LogP contribution in [0.3, 0.4) is 0 Å². The fraction of sp³-hybridized carbons (Fsp3) is 0.231. The molecule has 0 aliphatic rings. The second-order valence-electron chi connectivity index (χ2n) is 4.01. The summed E-state index contributed by atoms with van der Waals surface area (Å²) in [6.45, 7) is 4.45. The van der Waals surface area contributed by atoms with Crippen LogP contribution in [0, 0.1) is 12.7 Å². The molecule has 0 saturated heterocycles. The van der Waals surface area contributed by atoms with Crippen molar-refractivity contribution in [3.8, 4) is 11.6 Å². The average Bonchev–Trinajstić information content (AvgIpc) is 2.40. The first-order chi connectivity index (χ1) is 9.51. The Labute approximate surface area is 129 Å². The third kappa shape index (κ3) is 3.37. The van der Waals surface area contributed by atoms with E-state index in [2.05, 4.69) is 31.2 Å². The van der Waals surface area contributed by atoms with E-state index >= 15 is 0 Å². The normalized spacial score (nSPS) is 10.4. The first kappa shape index (κ1) is 15.0. The topological polar surface area (TPSA) is 47.0 Å². The smallest absolute Gasteiger partial charge is 0.227 e. The molecule has 2 aromatic rings. The standard InChI is InChI=1S/C13H12BrClFN3O/c1-3-17-13-18-6-7(2)12(19-13)20-11-5-10(16)9(15)4-8(11)14/h4-6H,3H2,1-2H3,(H,17,18,19). The van der Waals surface area contributed by atoms with Gasteiger partial charge in [-0.05, 0) is 35.8 Å². The van der Waals surface area contributed by atoms with Crippen molar-refractivity contribution in [1.82, 2.24) is 9.97 Å². The maximum atomic E-state index is 13.5. The highest BCUT2D eigenvalue weighted by Gasteiger charge is 2.12. The molecule has 1 aromatic carbocycles. The van der Waals surface area contributed by atoms with Crippen molar-refractivity contribution in [2.75, 3.05) is 11.9 Å². The van der Waals surface area contributed by atoms with Crippen LogP contribution in [0.25, 0.3) is 0 Å². The number of rotatable bonds is 4. The van der Waals surface area contributed by atoms with Crippen molar-refractivity contribution in [1.29, 1.82) is 0 Å². The second-order valence-corrected chi connectivity index (χ2v) is 5.27. The lowest BCUT2D eigenvalue weighted by molar-refractivity contribution is 0.451. The van der Waals surface area contributed by atoms with E-state index in [1.807, 2.05) is 13.8 Å². The Bertz CT molecular complexity index is 639. The number of halogens is 3. The summed E-state index contributed by atoms with van der Waals surface area (Å²) in [6.07, 6.45) is 1.64. The zero-order valence-electron chi connectivity index (χ0n) is 10.9. The van der Waals surface area contributed by atoms with Crippen LogP contribution in [0.15, 0.2) is 22.8 Å². The van der Waals surface area contributed by atoms with Gasteiger partial charge < -0.3 is 10.1 Å². The van der Waals surface area contributed by atoms with E-state index in [-0.39, 0.29) is 5.02 Å². The van der Waals surface area contributed by atoms with Crippen molar-refractivity contribution in [2.45, 2.75) is 13.8 Å². The van der Waals surface area contributed by atoms with Gasteiger partial charge in [-0.3, -0.25) is 0 Å². The summed E-state index contributed by atoms with van der Waals surface area (Å²) in [5.74, 6) is 0.566. The Morgan fingerprint density at radius 1 is 1.45 bits per heavy atom. The van der Waals surface area contributed by atoms with Gasteiger partial charge >= 0.3 is 0 Å². The van der Waals surface area contributed by atoms with E-state index in [0.717, 1.165) is 5.56 Å². The molecule has 0 aliphatic carbocycles. The van der Waals surface area contributed by atoms with E-state index in [1.165, 1.54) is 12.1 Å². The predicted molar refractivity (Wildman–Crippen MR) is 80.1 cm³/mol. The number of ether oxygens (including phenoxy) is 1. The van der Waals surface area contributed by atoms with Gasteiger partial charge in [0.05, 0.1) is 9.50 Å². The van der Waals surface area contributed by atoms with Gasteiger partial charge in [0, 0.05) is 24.4 Å². The largest absolute Gasteiger partial charge is 0.437 e. The van der Waals surface area contributed by atoms with Crippen LogP contribution in [-0.2, 0) is 0 Å². The molecule has 0 bridgehead atoms. The van der Waals surface area contributed by atoms with Crippen molar-refractivity contribution in [3.63, 3.8) is 0 Å². The van der Waals surface area contributed by atoms with Gasteiger partial charge in [0.15, 0.2) is 0 Å². The van der Waals surface area contributed by atoms with Crippen LogP contribution >= 0.6 is 27.5 Å². The molecule has 0 amide bonds. The molecule has 4 nitrogen and oxygen atoms in total. The van der Waals surface area contributed by atoms with E-state index < -0.39 is 5.82 Å².